The topological polar surface area (TPSA) is 108 Å². The Hall–Kier alpha value is -3.88. The summed E-state index contributed by atoms with van der Waals surface area (Å²) < 4.78 is 5.74. The van der Waals surface area contributed by atoms with Gasteiger partial charge < -0.3 is 20.3 Å². The number of rotatable bonds is 6. The Kier molecular flexibility index (Phi) is 7.10. The van der Waals surface area contributed by atoms with Gasteiger partial charge in [0.2, 0.25) is 11.5 Å². The van der Waals surface area contributed by atoms with Crippen molar-refractivity contribution in [3.05, 3.63) is 65.2 Å². The lowest BCUT2D eigenvalue weighted by atomic mass is 9.92. The zero-order chi connectivity index (χ0) is 26.9. The molecule has 2 N–H and O–H groups in total. The van der Waals surface area contributed by atoms with Gasteiger partial charge in [-0.25, -0.2) is 14.5 Å². The van der Waals surface area contributed by atoms with Gasteiger partial charge in [0.1, 0.15) is 6.54 Å². The molecule has 0 bridgehead atoms. The SMILES string of the molecule is CNC(=O)Nc1ccc2c(c1)CC[C@@]21OC(=O)N(CC(=O)N(C2CCCCC2)[C@@H](C)c2ccccc2)C1=O. The van der Waals surface area contributed by atoms with Crippen LogP contribution < -0.4 is 10.6 Å². The molecule has 9 heteroatoms. The molecule has 0 radical (unpaired) electrons. The van der Waals surface area contributed by atoms with Gasteiger partial charge in [-0.1, -0.05) is 55.7 Å². The van der Waals surface area contributed by atoms with Gasteiger partial charge in [0, 0.05) is 30.8 Å². The minimum absolute atomic E-state index is 0.0626. The van der Waals surface area contributed by atoms with Crippen molar-refractivity contribution in [3.63, 3.8) is 0 Å². The molecule has 0 aromatic heterocycles. The first-order chi connectivity index (χ1) is 18.3. The number of ether oxygens (including phenoxy) is 1. The quantitative estimate of drug-likeness (QED) is 0.586. The van der Waals surface area contributed by atoms with Crippen LogP contribution in [-0.2, 0) is 26.3 Å². The average Bonchev–Trinajstić information content (AvgIpc) is 3.41. The van der Waals surface area contributed by atoms with E-state index >= 15 is 0 Å². The Morgan fingerprint density at radius 2 is 1.84 bits per heavy atom. The molecule has 1 saturated heterocycles. The van der Waals surface area contributed by atoms with Crippen molar-refractivity contribution in [3.8, 4) is 0 Å². The number of urea groups is 1. The Bertz CT molecular complexity index is 1240. The molecule has 1 aliphatic heterocycles. The highest BCUT2D eigenvalue weighted by Crippen LogP contribution is 2.46. The number of imide groups is 1. The van der Waals surface area contributed by atoms with E-state index in [2.05, 4.69) is 10.6 Å². The highest BCUT2D eigenvalue weighted by atomic mass is 16.6. The Labute approximate surface area is 222 Å². The van der Waals surface area contributed by atoms with Crippen LogP contribution in [0.25, 0.3) is 0 Å². The largest absolute Gasteiger partial charge is 0.427 e. The second-order valence-corrected chi connectivity index (χ2v) is 10.3. The van der Waals surface area contributed by atoms with Crippen molar-refractivity contribution in [2.24, 2.45) is 0 Å². The molecule has 2 aliphatic carbocycles. The summed E-state index contributed by atoms with van der Waals surface area (Å²) in [5.41, 5.74) is 1.61. The molecule has 1 spiro atoms. The minimum atomic E-state index is -1.43. The second kappa shape index (κ2) is 10.5. The Morgan fingerprint density at radius 1 is 1.11 bits per heavy atom. The van der Waals surface area contributed by atoms with Crippen LogP contribution in [0.4, 0.5) is 15.3 Å². The number of benzene rings is 2. The zero-order valence-electron chi connectivity index (χ0n) is 21.9. The molecule has 9 nitrogen and oxygen atoms in total. The fourth-order valence-electron chi connectivity index (χ4n) is 6.13. The molecular formula is C29H34N4O5. The summed E-state index contributed by atoms with van der Waals surface area (Å²) in [4.78, 5) is 55.1. The molecule has 5 amide bonds. The molecule has 1 heterocycles. The van der Waals surface area contributed by atoms with Crippen LogP contribution >= 0.6 is 0 Å². The van der Waals surface area contributed by atoms with Gasteiger partial charge in [-0.15, -0.1) is 0 Å². The normalized spacial score (nSPS) is 21.7. The van der Waals surface area contributed by atoms with Crippen LogP contribution in [0.5, 0.6) is 0 Å². The maximum atomic E-state index is 13.8. The van der Waals surface area contributed by atoms with Crippen LogP contribution in [-0.4, -0.2) is 53.4 Å². The summed E-state index contributed by atoms with van der Waals surface area (Å²) in [5.74, 6) is -0.753. The number of hydrogen-bond donors (Lipinski definition) is 2. The van der Waals surface area contributed by atoms with E-state index in [-0.39, 0.29) is 30.6 Å². The molecule has 2 atom stereocenters. The summed E-state index contributed by atoms with van der Waals surface area (Å²) in [6.45, 7) is 1.66. The predicted molar refractivity (Wildman–Crippen MR) is 141 cm³/mol. The standard InChI is InChI=1S/C29H34N4O5/c1-19(20-9-5-3-6-10-20)33(23-11-7-4-8-12-23)25(34)18-32-26(35)29(38-28(32)37)16-15-21-17-22(13-14-24(21)29)31-27(36)30-2/h3,5-6,9-10,13-14,17,19,23H,4,7-8,11-12,15-16,18H2,1-2H3,(H2,30,31,36)/t19-,29+/m0/s1. The van der Waals surface area contributed by atoms with Crippen LogP contribution in [0.1, 0.15) is 68.2 Å². The maximum Gasteiger partial charge on any atom is 0.418 e. The molecule has 0 unspecified atom stereocenters. The fourth-order valence-corrected chi connectivity index (χ4v) is 6.13. The molecule has 200 valence electrons. The van der Waals surface area contributed by atoms with E-state index in [1.54, 1.807) is 18.2 Å². The number of anilines is 1. The number of carbonyl (C=O) groups is 4. The van der Waals surface area contributed by atoms with Crippen LogP contribution in [0.15, 0.2) is 48.5 Å². The predicted octanol–water partition coefficient (Wildman–Crippen LogP) is 4.48. The van der Waals surface area contributed by atoms with E-state index in [4.69, 9.17) is 4.74 Å². The highest BCUT2D eigenvalue weighted by molar-refractivity contribution is 6.06. The number of nitrogens with zero attached hydrogens (tertiary/aromatic N) is 2. The van der Waals surface area contributed by atoms with Crippen LogP contribution in [0.2, 0.25) is 0 Å². The van der Waals surface area contributed by atoms with E-state index in [1.807, 2.05) is 42.2 Å². The summed E-state index contributed by atoms with van der Waals surface area (Å²) >= 11 is 0. The lowest BCUT2D eigenvalue weighted by Crippen LogP contribution is -2.49. The van der Waals surface area contributed by atoms with Crippen molar-refractivity contribution in [1.29, 1.82) is 0 Å². The van der Waals surface area contributed by atoms with E-state index in [9.17, 15) is 19.2 Å². The van der Waals surface area contributed by atoms with Crippen molar-refractivity contribution in [1.82, 2.24) is 15.1 Å². The molecule has 2 aromatic carbocycles. The number of aryl methyl sites for hydroxylation is 1. The van der Waals surface area contributed by atoms with E-state index < -0.39 is 17.6 Å². The van der Waals surface area contributed by atoms with Gasteiger partial charge in [-0.2, -0.15) is 0 Å². The van der Waals surface area contributed by atoms with Gasteiger partial charge in [0.05, 0.1) is 6.04 Å². The first kappa shape index (κ1) is 25.8. The summed E-state index contributed by atoms with van der Waals surface area (Å²) in [6, 6.07) is 14.6. The lowest BCUT2D eigenvalue weighted by Gasteiger charge is -2.39. The number of amides is 5. The molecular weight excluding hydrogens is 484 g/mol. The highest BCUT2D eigenvalue weighted by Gasteiger charge is 2.58. The summed E-state index contributed by atoms with van der Waals surface area (Å²) in [6.07, 6.45) is 5.09. The number of hydrogen-bond acceptors (Lipinski definition) is 5. The zero-order valence-corrected chi connectivity index (χ0v) is 21.9. The van der Waals surface area contributed by atoms with Crippen molar-refractivity contribution in [2.75, 3.05) is 18.9 Å². The van der Waals surface area contributed by atoms with Crippen LogP contribution in [0, 0.1) is 0 Å². The molecule has 38 heavy (non-hydrogen) atoms. The summed E-state index contributed by atoms with van der Waals surface area (Å²) in [7, 11) is 1.53. The third-order valence-corrected chi connectivity index (χ3v) is 8.09. The third kappa shape index (κ3) is 4.61. The monoisotopic (exact) mass is 518 g/mol. The van der Waals surface area contributed by atoms with Gasteiger partial charge >= 0.3 is 12.1 Å². The van der Waals surface area contributed by atoms with Gasteiger partial charge in [-0.05, 0) is 49.4 Å². The van der Waals surface area contributed by atoms with E-state index in [0.717, 1.165) is 48.1 Å². The number of nitrogens with one attached hydrogen (secondary N) is 2. The van der Waals surface area contributed by atoms with Gasteiger partial charge in [-0.3, -0.25) is 9.59 Å². The van der Waals surface area contributed by atoms with Crippen molar-refractivity contribution < 1.29 is 23.9 Å². The number of fused-ring (bicyclic) bond motifs is 2. The Morgan fingerprint density at radius 3 is 2.55 bits per heavy atom. The van der Waals surface area contributed by atoms with Gasteiger partial charge in [0.25, 0.3) is 5.91 Å². The maximum absolute atomic E-state index is 13.8. The van der Waals surface area contributed by atoms with E-state index in [1.165, 1.54) is 7.05 Å². The molecule has 1 saturated carbocycles. The van der Waals surface area contributed by atoms with Gasteiger partial charge in [0.15, 0.2) is 0 Å². The molecule has 5 rings (SSSR count). The molecule has 2 fully saturated rings. The first-order valence-corrected chi connectivity index (χ1v) is 13.4. The second-order valence-electron chi connectivity index (χ2n) is 10.3. The molecule has 2 aromatic rings. The van der Waals surface area contributed by atoms with E-state index in [0.29, 0.717) is 24.1 Å². The lowest BCUT2D eigenvalue weighted by molar-refractivity contribution is -0.144. The van der Waals surface area contributed by atoms with Crippen LogP contribution in [0.3, 0.4) is 0 Å². The molecule has 3 aliphatic rings. The average molecular weight is 519 g/mol. The Balaban J connectivity index is 1.37. The smallest absolute Gasteiger partial charge is 0.418 e. The fraction of sp³-hybridized carbons (Fsp3) is 0.448. The van der Waals surface area contributed by atoms with Crippen molar-refractivity contribution >= 4 is 29.6 Å². The minimum Gasteiger partial charge on any atom is -0.427 e. The number of carbonyl (C=O) groups excluding carboxylic acids is 4. The first-order valence-electron chi connectivity index (χ1n) is 13.4. The van der Waals surface area contributed by atoms with Crippen molar-refractivity contribution in [2.45, 2.75) is 69.6 Å². The summed E-state index contributed by atoms with van der Waals surface area (Å²) in [5, 5.41) is 5.22. The third-order valence-electron chi connectivity index (χ3n) is 8.09.